The maximum atomic E-state index is 11.9. The Hall–Kier alpha value is -5.30. The largest absolute Gasteiger partial charge is 0.492 e. The number of anilines is 1. The van der Waals surface area contributed by atoms with Crippen LogP contribution in [-0.4, -0.2) is 58.0 Å². The number of ether oxygens (including phenoxy) is 1. The summed E-state index contributed by atoms with van der Waals surface area (Å²) in [4.78, 5) is 55.5. The van der Waals surface area contributed by atoms with E-state index in [1.165, 1.54) is 0 Å². The molecule has 1 fully saturated rings. The molecule has 1 saturated heterocycles. The van der Waals surface area contributed by atoms with Crippen molar-refractivity contribution in [1.82, 2.24) is 20.0 Å². The average Bonchev–Trinajstić information content (AvgIpc) is 3.30. The van der Waals surface area contributed by atoms with Crippen molar-refractivity contribution in [3.8, 4) is 29.0 Å². The number of hydrogen-bond donors (Lipinski definition) is 0. The van der Waals surface area contributed by atoms with Gasteiger partial charge in [0, 0.05) is 48.8 Å². The summed E-state index contributed by atoms with van der Waals surface area (Å²) in [6, 6.07) is 18.8. The zero-order valence-corrected chi connectivity index (χ0v) is 21.7. The summed E-state index contributed by atoms with van der Waals surface area (Å²) in [6.45, 7) is 1.00. The van der Waals surface area contributed by atoms with Crippen LogP contribution in [0.1, 0.15) is 24.8 Å². The first-order chi connectivity index (χ1) is 19.5. The van der Waals surface area contributed by atoms with Gasteiger partial charge in [-0.05, 0) is 48.5 Å². The third-order valence-electron chi connectivity index (χ3n) is 6.08. The van der Waals surface area contributed by atoms with Gasteiger partial charge in [-0.25, -0.2) is 14.8 Å². The van der Waals surface area contributed by atoms with E-state index in [1.807, 2.05) is 48.3 Å². The zero-order chi connectivity index (χ0) is 27.9. The number of pyridine rings is 1. The number of fused-ring (bicyclic) bond motifs is 1. The second kappa shape index (κ2) is 12.0. The highest BCUT2D eigenvalue weighted by Crippen LogP contribution is 2.26. The Kier molecular flexibility index (Phi) is 7.92. The molecule has 0 aliphatic carbocycles. The molecule has 0 N–H and O–H groups in total. The van der Waals surface area contributed by atoms with E-state index in [0.717, 1.165) is 22.3 Å². The van der Waals surface area contributed by atoms with Gasteiger partial charge < -0.3 is 14.5 Å². The summed E-state index contributed by atoms with van der Waals surface area (Å²) in [5.74, 6) is 5.84. The van der Waals surface area contributed by atoms with Crippen LogP contribution < -0.4 is 9.64 Å². The molecular weight excluding hydrogens is 510 g/mol. The fourth-order valence-corrected chi connectivity index (χ4v) is 4.03. The van der Waals surface area contributed by atoms with Gasteiger partial charge in [-0.3, -0.25) is 14.6 Å². The van der Waals surface area contributed by atoms with Crippen LogP contribution in [0.2, 0.25) is 0 Å². The molecule has 5 rings (SSSR count). The van der Waals surface area contributed by atoms with Gasteiger partial charge in [0.15, 0.2) is 5.82 Å². The molecule has 1 aliphatic rings. The molecule has 200 valence electrons. The molecule has 2 amide bonds. The fourth-order valence-electron chi connectivity index (χ4n) is 4.03. The van der Waals surface area contributed by atoms with Crippen molar-refractivity contribution in [2.45, 2.75) is 19.3 Å². The van der Waals surface area contributed by atoms with Gasteiger partial charge >= 0.3 is 5.97 Å². The van der Waals surface area contributed by atoms with Gasteiger partial charge in [0.2, 0.25) is 0 Å². The predicted molar refractivity (Wildman–Crippen MR) is 147 cm³/mol. The number of hydroxylamine groups is 2. The van der Waals surface area contributed by atoms with E-state index in [-0.39, 0.29) is 19.3 Å². The SMILES string of the molecule is CN(CCOc1ccc(C#CCC(=O)ON2C(=O)CCC2=O)cc1)c1nc(-c2cccnc2)nc2ccccc12. The van der Waals surface area contributed by atoms with Crippen molar-refractivity contribution in [1.29, 1.82) is 0 Å². The van der Waals surface area contributed by atoms with E-state index in [9.17, 15) is 14.4 Å². The van der Waals surface area contributed by atoms with Gasteiger partial charge in [-0.1, -0.05) is 24.0 Å². The predicted octanol–water partition coefficient (Wildman–Crippen LogP) is 3.56. The third-order valence-corrected chi connectivity index (χ3v) is 6.08. The van der Waals surface area contributed by atoms with Crippen LogP contribution in [0, 0.1) is 11.8 Å². The number of carbonyl (C=O) groups excluding carboxylic acids is 3. The molecule has 0 radical (unpaired) electrons. The van der Waals surface area contributed by atoms with Crippen LogP contribution in [0.4, 0.5) is 5.82 Å². The van der Waals surface area contributed by atoms with Gasteiger partial charge in [0.05, 0.1) is 12.1 Å². The fraction of sp³-hybridized carbons (Fsp3) is 0.200. The lowest BCUT2D eigenvalue weighted by molar-refractivity contribution is -0.196. The first kappa shape index (κ1) is 26.3. The topological polar surface area (TPSA) is 115 Å². The summed E-state index contributed by atoms with van der Waals surface area (Å²) < 4.78 is 5.93. The maximum Gasteiger partial charge on any atom is 0.345 e. The monoisotopic (exact) mass is 535 g/mol. The molecule has 2 aromatic heterocycles. The number of para-hydroxylation sites is 1. The second-order valence-corrected chi connectivity index (χ2v) is 8.95. The van der Waals surface area contributed by atoms with Gasteiger partial charge in [0.1, 0.15) is 24.6 Å². The minimum Gasteiger partial charge on any atom is -0.492 e. The summed E-state index contributed by atoms with van der Waals surface area (Å²) in [5.41, 5.74) is 2.37. The molecular formula is C30H25N5O5. The normalized spacial score (nSPS) is 12.7. The average molecular weight is 536 g/mol. The smallest absolute Gasteiger partial charge is 0.345 e. The van der Waals surface area contributed by atoms with Crippen molar-refractivity contribution < 1.29 is 24.0 Å². The first-order valence-electron chi connectivity index (χ1n) is 12.6. The van der Waals surface area contributed by atoms with E-state index in [1.54, 1.807) is 36.7 Å². The Morgan fingerprint density at radius 2 is 1.77 bits per heavy atom. The summed E-state index contributed by atoms with van der Waals surface area (Å²) in [6.07, 6.45) is 3.31. The number of rotatable bonds is 8. The standard InChI is InChI=1S/C30H25N5O5/c1-34(30-24-8-2-3-9-25(24)32-29(33-30)22-7-5-17-31-20-22)18-19-39-23-13-11-21(12-14-23)6-4-10-28(38)40-35-26(36)15-16-27(35)37/h2-3,5,7-9,11-14,17,20H,10,15-16,18-19H2,1H3. The molecule has 2 aromatic carbocycles. The lowest BCUT2D eigenvalue weighted by Gasteiger charge is -2.21. The van der Waals surface area contributed by atoms with Crippen molar-refractivity contribution >= 4 is 34.5 Å². The Morgan fingerprint density at radius 3 is 2.52 bits per heavy atom. The minimum absolute atomic E-state index is 0.0487. The molecule has 40 heavy (non-hydrogen) atoms. The highest BCUT2D eigenvalue weighted by Gasteiger charge is 2.32. The number of hydrogen-bond acceptors (Lipinski definition) is 9. The maximum absolute atomic E-state index is 11.9. The van der Waals surface area contributed by atoms with Gasteiger partial charge in [-0.2, -0.15) is 0 Å². The molecule has 0 saturated carbocycles. The molecule has 10 heteroatoms. The third kappa shape index (κ3) is 6.22. The lowest BCUT2D eigenvalue weighted by Crippen LogP contribution is -2.31. The van der Waals surface area contributed by atoms with Crippen LogP contribution in [0.25, 0.3) is 22.3 Å². The molecule has 3 heterocycles. The molecule has 0 bridgehead atoms. The molecule has 1 aliphatic heterocycles. The van der Waals surface area contributed by atoms with E-state index in [0.29, 0.717) is 35.4 Å². The molecule has 0 atom stereocenters. The number of nitrogens with zero attached hydrogens (tertiary/aromatic N) is 5. The number of aromatic nitrogens is 3. The van der Waals surface area contributed by atoms with Crippen molar-refractivity contribution in [2.24, 2.45) is 0 Å². The van der Waals surface area contributed by atoms with E-state index < -0.39 is 17.8 Å². The highest BCUT2D eigenvalue weighted by atomic mass is 16.7. The first-order valence-corrected chi connectivity index (χ1v) is 12.6. The van der Waals surface area contributed by atoms with E-state index in [2.05, 4.69) is 16.8 Å². The number of likely N-dealkylation sites (N-methyl/N-ethyl adjacent to an activating group) is 1. The Morgan fingerprint density at radius 1 is 1.00 bits per heavy atom. The molecule has 4 aromatic rings. The molecule has 0 unspecified atom stereocenters. The van der Waals surface area contributed by atoms with E-state index in [4.69, 9.17) is 19.5 Å². The van der Waals surface area contributed by atoms with Crippen LogP contribution in [0.3, 0.4) is 0 Å². The summed E-state index contributed by atoms with van der Waals surface area (Å²) in [7, 11) is 1.96. The van der Waals surface area contributed by atoms with E-state index >= 15 is 0 Å². The van der Waals surface area contributed by atoms with Crippen molar-refractivity contribution in [2.75, 3.05) is 25.1 Å². The Labute approximate surface area is 230 Å². The van der Waals surface area contributed by atoms with Crippen LogP contribution in [0.15, 0.2) is 73.1 Å². The second-order valence-electron chi connectivity index (χ2n) is 8.95. The number of imide groups is 1. The van der Waals surface area contributed by atoms with Crippen LogP contribution >= 0.6 is 0 Å². The summed E-state index contributed by atoms with van der Waals surface area (Å²) in [5, 5.41) is 1.46. The minimum atomic E-state index is -0.760. The Bertz CT molecular complexity index is 1600. The zero-order valence-electron chi connectivity index (χ0n) is 21.7. The number of carbonyl (C=O) groups is 3. The van der Waals surface area contributed by atoms with Crippen LogP contribution in [-0.2, 0) is 19.2 Å². The van der Waals surface area contributed by atoms with Crippen molar-refractivity contribution in [3.05, 3.63) is 78.6 Å². The van der Waals surface area contributed by atoms with Gasteiger partial charge in [0.25, 0.3) is 11.8 Å². The van der Waals surface area contributed by atoms with Crippen molar-refractivity contribution in [3.63, 3.8) is 0 Å². The Balaban J connectivity index is 1.16. The lowest BCUT2D eigenvalue weighted by atomic mass is 10.2. The quantitative estimate of drug-likeness (QED) is 0.247. The molecule has 0 spiro atoms. The number of benzene rings is 2. The highest BCUT2D eigenvalue weighted by molar-refractivity contribution is 6.01. The molecule has 10 nitrogen and oxygen atoms in total. The number of amides is 2. The van der Waals surface area contributed by atoms with Crippen LogP contribution in [0.5, 0.6) is 5.75 Å². The van der Waals surface area contributed by atoms with Gasteiger partial charge in [-0.15, -0.1) is 5.06 Å². The summed E-state index contributed by atoms with van der Waals surface area (Å²) >= 11 is 0.